The average Bonchev–Trinajstić information content (AvgIpc) is 1.67. The summed E-state index contributed by atoms with van der Waals surface area (Å²) in [6.45, 7) is 0. The topological polar surface area (TPSA) is 182 Å². The number of hydrogen-bond acceptors (Lipinski definition) is 14. The molecule has 0 aliphatic rings. The lowest BCUT2D eigenvalue weighted by Gasteiger charge is -2.13. The van der Waals surface area contributed by atoms with Crippen LogP contribution in [0.4, 0.5) is 0 Å². The first-order chi connectivity index (χ1) is 56.9. The van der Waals surface area contributed by atoms with Gasteiger partial charge in [-0.05, 0) is 161 Å². The largest absolute Gasteiger partial charge is 0.455 e. The van der Waals surface area contributed by atoms with Gasteiger partial charge in [-0.3, -0.25) is 0 Å². The normalized spacial score (nSPS) is 11.7. The molecule has 0 atom stereocenters. The second kappa shape index (κ2) is 27.6. The fraction of sp³-hybridized carbons (Fsp3) is 0. The third-order valence-electron chi connectivity index (χ3n) is 21.2. The first-order valence-electron chi connectivity index (χ1n) is 37.9. The molecule has 14 nitrogen and oxygen atoms in total. The Hall–Kier alpha value is -15.9. The van der Waals surface area contributed by atoms with Gasteiger partial charge in [0, 0.05) is 82.2 Å². The van der Waals surface area contributed by atoms with Crippen LogP contribution in [0.25, 0.3) is 234 Å². The summed E-state index contributed by atoms with van der Waals surface area (Å²) in [4.78, 5) is 44.5. The SMILES string of the molecule is c1ccc(-c2nc3cc(-c4nc(-c5cc6ccccc6c6ccccc56)c5ccccc5n4)ccc3o2)cc1.c1ccc(-c2nc3cc(-c4nc(-c5cccc6c5oc5ccccc56)c5ccccc5n4)ccc3o2)cc1.c1ccc(-c2nc3cc(-c4nc(-c5cccc6c5oc5ccccc56)nc5ccccc45)ccc3o2)cc1. The van der Waals surface area contributed by atoms with Crippen LogP contribution in [0.15, 0.2) is 380 Å². The number of benzene rings is 16. The number of hydrogen-bond donors (Lipinski definition) is 0. The van der Waals surface area contributed by atoms with Crippen LogP contribution in [0.3, 0.4) is 0 Å². The van der Waals surface area contributed by atoms with Crippen molar-refractivity contribution in [3.8, 4) is 102 Å². The van der Waals surface area contributed by atoms with E-state index in [1.54, 1.807) is 0 Å². The van der Waals surface area contributed by atoms with E-state index in [9.17, 15) is 0 Å². The second-order valence-electron chi connectivity index (χ2n) is 28.2. The number of furan rings is 2. The van der Waals surface area contributed by atoms with E-state index in [0.29, 0.717) is 35.1 Å². The first kappa shape index (κ1) is 66.1. The van der Waals surface area contributed by atoms with Crippen molar-refractivity contribution in [2.45, 2.75) is 0 Å². The molecule has 16 aromatic carbocycles. The lowest BCUT2D eigenvalue weighted by molar-refractivity contribution is 0.619. The highest BCUT2D eigenvalue weighted by Gasteiger charge is 2.23. The Bertz CT molecular complexity index is 7940. The number of nitrogens with zero attached hydrogens (tertiary/aromatic N) is 9. The summed E-state index contributed by atoms with van der Waals surface area (Å²) in [5.74, 6) is 3.70. The van der Waals surface area contributed by atoms with Crippen LogP contribution in [0.2, 0.25) is 0 Å². The van der Waals surface area contributed by atoms with Gasteiger partial charge in [-0.1, -0.05) is 218 Å². The second-order valence-corrected chi connectivity index (χ2v) is 28.2. The summed E-state index contributed by atoms with van der Waals surface area (Å²) in [7, 11) is 0. The first-order valence-corrected chi connectivity index (χ1v) is 37.9. The Morgan fingerprint density at radius 2 is 0.522 bits per heavy atom. The van der Waals surface area contributed by atoms with Gasteiger partial charge in [0.1, 0.15) is 38.9 Å². The van der Waals surface area contributed by atoms with Gasteiger partial charge in [0.2, 0.25) is 17.7 Å². The molecule has 115 heavy (non-hydrogen) atoms. The summed E-state index contributed by atoms with van der Waals surface area (Å²) < 4.78 is 30.8. The van der Waals surface area contributed by atoms with Gasteiger partial charge >= 0.3 is 0 Å². The lowest BCUT2D eigenvalue weighted by atomic mass is 9.94. The third-order valence-corrected chi connectivity index (χ3v) is 21.2. The van der Waals surface area contributed by atoms with E-state index in [-0.39, 0.29) is 0 Å². The van der Waals surface area contributed by atoms with Crippen molar-refractivity contribution < 1.29 is 22.1 Å². The Kier molecular flexibility index (Phi) is 15.8. The molecule has 0 radical (unpaired) electrons. The summed E-state index contributed by atoms with van der Waals surface area (Å²) in [5.41, 5.74) is 21.5. The van der Waals surface area contributed by atoms with Crippen molar-refractivity contribution in [2.24, 2.45) is 0 Å². The molecule has 0 saturated heterocycles. The predicted molar refractivity (Wildman–Crippen MR) is 460 cm³/mol. The molecule has 0 bridgehead atoms. The maximum Gasteiger partial charge on any atom is 0.227 e. The number of para-hydroxylation sites is 7. The van der Waals surface area contributed by atoms with Crippen molar-refractivity contribution in [3.63, 3.8) is 0 Å². The van der Waals surface area contributed by atoms with E-state index in [1.165, 1.54) is 21.5 Å². The van der Waals surface area contributed by atoms with Crippen molar-refractivity contribution in [1.82, 2.24) is 44.9 Å². The molecular weight excluding hydrogens is 1420 g/mol. The average molecular weight is 1480 g/mol. The molecular formula is C101H59N9O5. The smallest absolute Gasteiger partial charge is 0.227 e. The Morgan fingerprint density at radius 1 is 0.165 bits per heavy atom. The number of fused-ring (bicyclic) bond motifs is 15. The zero-order valence-electron chi connectivity index (χ0n) is 61.1. The van der Waals surface area contributed by atoms with Gasteiger partial charge in [0.25, 0.3) is 0 Å². The van der Waals surface area contributed by atoms with E-state index in [0.717, 1.165) is 177 Å². The molecule has 0 aliphatic heterocycles. The summed E-state index contributed by atoms with van der Waals surface area (Å²) in [6.07, 6.45) is 0. The van der Waals surface area contributed by atoms with Crippen molar-refractivity contribution in [1.29, 1.82) is 0 Å². The minimum atomic E-state index is 0.592. The molecule has 8 heterocycles. The Labute approximate surface area is 654 Å². The predicted octanol–water partition coefficient (Wildman–Crippen LogP) is 26.4. The van der Waals surface area contributed by atoms with Crippen LogP contribution < -0.4 is 0 Å². The molecule has 0 aliphatic carbocycles. The summed E-state index contributed by atoms with van der Waals surface area (Å²) in [5, 5.41) is 12.1. The summed E-state index contributed by atoms with van der Waals surface area (Å²) in [6, 6.07) is 120. The van der Waals surface area contributed by atoms with Gasteiger partial charge in [0.15, 0.2) is 34.2 Å². The molecule has 538 valence electrons. The quantitative estimate of drug-likeness (QED) is 0.124. The van der Waals surface area contributed by atoms with Crippen LogP contribution >= 0.6 is 0 Å². The van der Waals surface area contributed by atoms with Crippen LogP contribution in [0, 0.1) is 0 Å². The number of aromatic nitrogens is 9. The van der Waals surface area contributed by atoms with Gasteiger partial charge in [-0.25, -0.2) is 44.9 Å². The zero-order chi connectivity index (χ0) is 75.9. The minimum absolute atomic E-state index is 0.592. The maximum absolute atomic E-state index is 6.35. The van der Waals surface area contributed by atoms with Crippen molar-refractivity contribution in [3.05, 3.63) is 358 Å². The van der Waals surface area contributed by atoms with Gasteiger partial charge in [-0.15, -0.1) is 0 Å². The van der Waals surface area contributed by atoms with E-state index >= 15 is 0 Å². The maximum atomic E-state index is 6.35. The van der Waals surface area contributed by atoms with Crippen LogP contribution in [-0.4, -0.2) is 44.9 Å². The molecule has 0 saturated carbocycles. The highest BCUT2D eigenvalue weighted by atomic mass is 16.4. The fourth-order valence-electron chi connectivity index (χ4n) is 15.7. The third kappa shape index (κ3) is 11.9. The van der Waals surface area contributed by atoms with Gasteiger partial charge in [0.05, 0.1) is 39.2 Å². The standard InChI is InChI=1S/C35H21N3O.2C33H19N3O2/c1-2-10-22(11-3-1)35-37-31-21-24(18-19-32(31)39-35)34-36-30-17-9-8-16-28(30)33(38-34)29-20-23-12-4-5-13-25(23)26-14-6-7-15-27(26)29;1-2-9-20(10-3-1)33-35-27-19-21(17-18-29(27)38-33)32-34-26-15-6-4-12-24(26)30(36-32)25-14-8-13-23-22-11-5-7-16-28(22)37-31(23)25;1-2-9-20(10-3-1)33-35-27-19-21(17-18-29(27)38-33)30-24-12-4-6-15-26(24)34-32(36-30)25-14-8-13-23-22-11-5-7-16-28(22)37-31(23)25/h1-21H;2*1-19H. The number of oxazole rings is 3. The highest BCUT2D eigenvalue weighted by molar-refractivity contribution is 6.16. The molecule has 0 amide bonds. The molecule has 24 rings (SSSR count). The van der Waals surface area contributed by atoms with E-state index in [1.807, 2.05) is 243 Å². The zero-order valence-corrected chi connectivity index (χ0v) is 61.1. The van der Waals surface area contributed by atoms with Gasteiger partial charge in [-0.2, -0.15) is 0 Å². The molecule has 24 aromatic rings. The van der Waals surface area contributed by atoms with Crippen molar-refractivity contribution in [2.75, 3.05) is 0 Å². The van der Waals surface area contributed by atoms with E-state index < -0.39 is 0 Å². The monoisotopic (exact) mass is 1480 g/mol. The molecule has 0 N–H and O–H groups in total. The molecule has 8 aromatic heterocycles. The Morgan fingerprint density at radius 3 is 1.03 bits per heavy atom. The molecule has 0 fully saturated rings. The van der Waals surface area contributed by atoms with Crippen LogP contribution in [0.5, 0.6) is 0 Å². The molecule has 0 unspecified atom stereocenters. The van der Waals surface area contributed by atoms with Gasteiger partial charge < -0.3 is 22.1 Å². The molecule has 0 spiro atoms. The van der Waals surface area contributed by atoms with Crippen molar-refractivity contribution >= 4 is 131 Å². The van der Waals surface area contributed by atoms with Crippen LogP contribution in [-0.2, 0) is 0 Å². The lowest BCUT2D eigenvalue weighted by Crippen LogP contribution is -1.96. The Balaban J connectivity index is 0.000000105. The van der Waals surface area contributed by atoms with E-state index in [4.69, 9.17) is 66.9 Å². The molecule has 14 heteroatoms. The highest BCUT2D eigenvalue weighted by Crippen LogP contribution is 2.43. The fourth-order valence-corrected chi connectivity index (χ4v) is 15.7. The van der Waals surface area contributed by atoms with Crippen LogP contribution in [0.1, 0.15) is 0 Å². The number of rotatable bonds is 9. The minimum Gasteiger partial charge on any atom is -0.455 e. The summed E-state index contributed by atoms with van der Waals surface area (Å²) >= 11 is 0. The van der Waals surface area contributed by atoms with E-state index in [2.05, 4.69) is 115 Å².